The van der Waals surface area contributed by atoms with Crippen LogP contribution >= 0.6 is 11.6 Å². The second-order valence-corrected chi connectivity index (χ2v) is 6.41. The number of halogens is 1. The average molecular weight is 309 g/mol. The number of amides is 1. The van der Waals surface area contributed by atoms with E-state index in [0.29, 0.717) is 6.61 Å². The first-order chi connectivity index (χ1) is 10.2. The van der Waals surface area contributed by atoms with Gasteiger partial charge in [0.05, 0.1) is 16.8 Å². The smallest absolute Gasteiger partial charge is 0.235 e. The summed E-state index contributed by atoms with van der Waals surface area (Å²) in [5.41, 5.74) is 0.364. The fourth-order valence-corrected chi connectivity index (χ4v) is 3.87. The number of alkyl halides is 1. The minimum absolute atomic E-state index is 0.0254. The molecule has 0 aromatic carbocycles. The van der Waals surface area contributed by atoms with Crippen LogP contribution in [0, 0.1) is 0 Å². The Hall–Kier alpha value is -1.13. The zero-order chi connectivity index (χ0) is 14.8. The molecular weight excluding hydrogens is 288 g/mol. The first kappa shape index (κ1) is 14.8. The average Bonchev–Trinajstić information content (AvgIpc) is 2.95. The number of aromatic nitrogens is 1. The largest absolute Gasteiger partial charge is 0.375 e. The van der Waals surface area contributed by atoms with Crippen LogP contribution in [0.5, 0.6) is 0 Å². The van der Waals surface area contributed by atoms with Crippen LogP contribution in [0.15, 0.2) is 24.4 Å². The maximum atomic E-state index is 12.0. The van der Waals surface area contributed by atoms with Crippen molar-refractivity contribution >= 4 is 17.5 Å². The van der Waals surface area contributed by atoms with E-state index in [9.17, 15) is 4.79 Å². The van der Waals surface area contributed by atoms with Crippen molar-refractivity contribution in [2.75, 3.05) is 12.5 Å². The Morgan fingerprint density at radius 1 is 1.33 bits per heavy atom. The zero-order valence-electron chi connectivity index (χ0n) is 12.1. The minimum atomic E-state index is -0.449. The van der Waals surface area contributed by atoms with Crippen molar-refractivity contribution in [1.82, 2.24) is 10.3 Å². The summed E-state index contributed by atoms with van der Waals surface area (Å²) >= 11 is 5.71. The summed E-state index contributed by atoms with van der Waals surface area (Å²) in [5.74, 6) is -0.167. The fourth-order valence-electron chi connectivity index (χ4n) is 3.81. The Balaban J connectivity index is 1.94. The molecule has 1 N–H and O–H groups in total. The van der Waals surface area contributed by atoms with E-state index in [-0.39, 0.29) is 17.4 Å². The van der Waals surface area contributed by atoms with Crippen LogP contribution in [0.4, 0.5) is 0 Å². The van der Waals surface area contributed by atoms with Crippen molar-refractivity contribution in [3.8, 4) is 0 Å². The SMILES string of the molecule is O=C(CCl)NC1(c2ccccn2)CCOC2(CCCC2)C1. The lowest BCUT2D eigenvalue weighted by atomic mass is 9.76. The van der Waals surface area contributed by atoms with E-state index in [1.54, 1.807) is 6.20 Å². The quantitative estimate of drug-likeness (QED) is 0.874. The third-order valence-corrected chi connectivity index (χ3v) is 4.97. The van der Waals surface area contributed by atoms with Crippen LogP contribution in [-0.4, -0.2) is 29.0 Å². The molecule has 1 unspecified atom stereocenters. The van der Waals surface area contributed by atoms with Crippen LogP contribution < -0.4 is 5.32 Å². The number of ether oxygens (including phenoxy) is 1. The standard InChI is InChI=1S/C16H21ClN2O2/c17-11-14(20)19-16(13-5-1-4-9-18-13)8-10-21-15(12-16)6-2-3-7-15/h1,4-5,9H,2-3,6-8,10-12H2,(H,19,20). The molecule has 1 aliphatic heterocycles. The molecule has 2 fully saturated rings. The van der Waals surface area contributed by atoms with Crippen molar-refractivity contribution in [3.63, 3.8) is 0 Å². The number of carbonyl (C=O) groups is 1. The van der Waals surface area contributed by atoms with Gasteiger partial charge >= 0.3 is 0 Å². The van der Waals surface area contributed by atoms with Gasteiger partial charge in [-0.2, -0.15) is 0 Å². The van der Waals surface area contributed by atoms with E-state index >= 15 is 0 Å². The molecule has 0 radical (unpaired) electrons. The highest BCUT2D eigenvalue weighted by Gasteiger charge is 2.49. The van der Waals surface area contributed by atoms with Gasteiger partial charge in [-0.1, -0.05) is 18.9 Å². The van der Waals surface area contributed by atoms with Crippen molar-refractivity contribution in [1.29, 1.82) is 0 Å². The summed E-state index contributed by atoms with van der Waals surface area (Å²) in [6, 6.07) is 5.85. The molecule has 1 aliphatic carbocycles. The summed E-state index contributed by atoms with van der Waals surface area (Å²) in [4.78, 5) is 16.5. The summed E-state index contributed by atoms with van der Waals surface area (Å²) in [7, 11) is 0. The molecule has 21 heavy (non-hydrogen) atoms. The molecule has 4 nitrogen and oxygen atoms in total. The second-order valence-electron chi connectivity index (χ2n) is 6.14. The predicted molar refractivity (Wildman–Crippen MR) is 81.2 cm³/mol. The highest BCUT2D eigenvalue weighted by atomic mass is 35.5. The highest BCUT2D eigenvalue weighted by Crippen LogP contribution is 2.46. The molecule has 1 aromatic rings. The molecule has 1 spiro atoms. The van der Waals surface area contributed by atoms with Crippen molar-refractivity contribution < 1.29 is 9.53 Å². The Morgan fingerprint density at radius 3 is 2.81 bits per heavy atom. The zero-order valence-corrected chi connectivity index (χ0v) is 12.9. The van der Waals surface area contributed by atoms with E-state index in [1.807, 2.05) is 18.2 Å². The third-order valence-electron chi connectivity index (χ3n) is 4.73. The van der Waals surface area contributed by atoms with Gasteiger partial charge in [0.15, 0.2) is 0 Å². The Labute approximate surface area is 130 Å². The molecule has 1 atom stereocenters. The van der Waals surface area contributed by atoms with E-state index in [2.05, 4.69) is 10.3 Å². The number of pyridine rings is 1. The summed E-state index contributed by atoms with van der Waals surface area (Å²) in [6.07, 6.45) is 7.84. The lowest BCUT2D eigenvalue weighted by molar-refractivity contribution is -0.131. The summed E-state index contributed by atoms with van der Waals surface area (Å²) in [6.45, 7) is 0.652. The van der Waals surface area contributed by atoms with Gasteiger partial charge < -0.3 is 10.1 Å². The summed E-state index contributed by atoms with van der Waals surface area (Å²) in [5, 5.41) is 3.14. The van der Waals surface area contributed by atoms with Crippen LogP contribution in [0.3, 0.4) is 0 Å². The molecule has 114 valence electrons. The van der Waals surface area contributed by atoms with Gasteiger partial charge in [0, 0.05) is 19.2 Å². The van der Waals surface area contributed by atoms with Gasteiger partial charge in [0.2, 0.25) is 5.91 Å². The number of nitrogens with zero attached hydrogens (tertiary/aromatic N) is 1. The maximum absolute atomic E-state index is 12.0. The number of hydrogen-bond donors (Lipinski definition) is 1. The van der Waals surface area contributed by atoms with Crippen LogP contribution in [0.1, 0.15) is 44.2 Å². The first-order valence-corrected chi connectivity index (χ1v) is 8.14. The lowest BCUT2D eigenvalue weighted by Crippen LogP contribution is -2.56. The second kappa shape index (κ2) is 5.93. The molecule has 3 rings (SSSR count). The van der Waals surface area contributed by atoms with Gasteiger partial charge in [-0.05, 0) is 31.4 Å². The number of hydrogen-bond acceptors (Lipinski definition) is 3. The molecule has 2 aliphatic rings. The van der Waals surface area contributed by atoms with Gasteiger partial charge in [0.1, 0.15) is 5.88 Å². The molecule has 1 saturated carbocycles. The Kier molecular flexibility index (Phi) is 4.18. The van der Waals surface area contributed by atoms with Crippen LogP contribution in [-0.2, 0) is 15.1 Å². The third kappa shape index (κ3) is 2.92. The number of nitrogens with one attached hydrogen (secondary N) is 1. The molecular formula is C16H21ClN2O2. The first-order valence-electron chi connectivity index (χ1n) is 7.61. The van der Waals surface area contributed by atoms with Crippen molar-refractivity contribution in [2.24, 2.45) is 0 Å². The van der Waals surface area contributed by atoms with Gasteiger partial charge in [-0.3, -0.25) is 9.78 Å². The van der Waals surface area contributed by atoms with Crippen LogP contribution in [0.25, 0.3) is 0 Å². The van der Waals surface area contributed by atoms with Crippen molar-refractivity contribution in [2.45, 2.75) is 49.7 Å². The monoisotopic (exact) mass is 308 g/mol. The molecule has 1 amide bonds. The molecule has 2 heterocycles. The number of rotatable bonds is 3. The molecule has 5 heteroatoms. The highest BCUT2D eigenvalue weighted by molar-refractivity contribution is 6.27. The van der Waals surface area contributed by atoms with E-state index < -0.39 is 5.54 Å². The van der Waals surface area contributed by atoms with Gasteiger partial charge in [0.25, 0.3) is 0 Å². The fraction of sp³-hybridized carbons (Fsp3) is 0.625. The predicted octanol–water partition coefficient (Wildman–Crippen LogP) is 2.76. The van der Waals surface area contributed by atoms with Crippen LogP contribution in [0.2, 0.25) is 0 Å². The Morgan fingerprint density at radius 2 is 2.14 bits per heavy atom. The maximum Gasteiger partial charge on any atom is 0.235 e. The Bertz CT molecular complexity index is 502. The topological polar surface area (TPSA) is 51.2 Å². The minimum Gasteiger partial charge on any atom is -0.375 e. The normalized spacial score (nSPS) is 27.7. The summed E-state index contributed by atoms with van der Waals surface area (Å²) < 4.78 is 6.11. The van der Waals surface area contributed by atoms with Gasteiger partial charge in [-0.25, -0.2) is 0 Å². The molecule has 1 saturated heterocycles. The van der Waals surface area contributed by atoms with E-state index in [1.165, 1.54) is 12.8 Å². The van der Waals surface area contributed by atoms with Gasteiger partial charge in [-0.15, -0.1) is 11.6 Å². The number of carbonyl (C=O) groups excluding carboxylic acids is 1. The van der Waals surface area contributed by atoms with E-state index in [0.717, 1.165) is 31.4 Å². The van der Waals surface area contributed by atoms with Crippen molar-refractivity contribution in [3.05, 3.63) is 30.1 Å². The van der Waals surface area contributed by atoms with E-state index in [4.69, 9.17) is 16.3 Å². The molecule has 0 bridgehead atoms. The molecule has 1 aromatic heterocycles. The lowest BCUT2D eigenvalue weighted by Gasteiger charge is -2.46.